The molecule has 0 aliphatic carbocycles. The summed E-state index contributed by atoms with van der Waals surface area (Å²) in [5, 5.41) is 11.8. The van der Waals surface area contributed by atoms with Crippen LogP contribution in [0.2, 0.25) is 0 Å². The molecule has 0 spiro atoms. The zero-order chi connectivity index (χ0) is 26.2. The number of nitrogens with one attached hydrogen (secondary N) is 3. The number of carbonyl (C=O) groups excluding carboxylic acids is 2. The molecule has 1 fully saturated rings. The first-order valence-corrected chi connectivity index (χ1v) is 14.1. The summed E-state index contributed by atoms with van der Waals surface area (Å²) in [4.78, 5) is 27.1. The average Bonchev–Trinajstić information content (AvgIpc) is 2.91. The van der Waals surface area contributed by atoms with E-state index in [0.717, 1.165) is 37.7 Å². The van der Waals surface area contributed by atoms with Gasteiger partial charge in [0.2, 0.25) is 10.0 Å². The van der Waals surface area contributed by atoms with Crippen molar-refractivity contribution in [3.8, 4) is 0 Å². The van der Waals surface area contributed by atoms with E-state index in [-0.39, 0.29) is 0 Å². The van der Waals surface area contributed by atoms with Gasteiger partial charge in [0.1, 0.15) is 5.37 Å². The summed E-state index contributed by atoms with van der Waals surface area (Å²) >= 11 is 0. The van der Waals surface area contributed by atoms with E-state index in [1.54, 1.807) is 18.2 Å². The second kappa shape index (κ2) is 8.34. The van der Waals surface area contributed by atoms with Crippen LogP contribution in [0.4, 0.5) is 5.69 Å². The number of amides is 2. The lowest BCUT2D eigenvalue weighted by Crippen LogP contribution is -2.57. The molecule has 0 saturated carbocycles. The highest BCUT2D eigenvalue weighted by atomic mass is 32.2. The molecule has 0 bridgehead atoms. The van der Waals surface area contributed by atoms with E-state index < -0.39 is 27.2 Å². The predicted octanol–water partition coefficient (Wildman–Crippen LogP) is 2.55. The van der Waals surface area contributed by atoms with Crippen molar-refractivity contribution in [2.24, 2.45) is 5.73 Å². The van der Waals surface area contributed by atoms with Gasteiger partial charge < -0.3 is 11.1 Å². The number of fused-ring (bicyclic) bond motifs is 2. The fraction of sp³-hybridized carbons (Fsp3) is 0.214. The highest BCUT2D eigenvalue weighted by Gasteiger charge is 2.34. The molecular weight excluding hydrogens is 502 g/mol. The van der Waals surface area contributed by atoms with Gasteiger partial charge in [0.05, 0.1) is 5.69 Å². The summed E-state index contributed by atoms with van der Waals surface area (Å²) in [6, 6.07) is 16.9. The molecule has 2 aliphatic rings. The molecular formula is C28H25N5O4S. The van der Waals surface area contributed by atoms with E-state index in [1.165, 1.54) is 0 Å². The number of imide groups is 1. The molecule has 7 rings (SSSR count). The summed E-state index contributed by atoms with van der Waals surface area (Å²) in [7, 11) is -3.76. The van der Waals surface area contributed by atoms with Crippen LogP contribution in [0.3, 0.4) is 0 Å². The molecule has 9 nitrogen and oxygen atoms in total. The fourth-order valence-electron chi connectivity index (χ4n) is 6.18. The fourth-order valence-corrected chi connectivity index (χ4v) is 7.74. The van der Waals surface area contributed by atoms with Gasteiger partial charge in [0.15, 0.2) is 0 Å². The Morgan fingerprint density at radius 2 is 1.47 bits per heavy atom. The normalized spacial score (nSPS) is 18.6. The number of hydrogen-bond acceptors (Lipinski definition) is 7. The van der Waals surface area contributed by atoms with Crippen LogP contribution in [0.5, 0.6) is 0 Å². The molecule has 1 atom stereocenters. The third-order valence-corrected chi connectivity index (χ3v) is 9.51. The van der Waals surface area contributed by atoms with Crippen molar-refractivity contribution in [1.82, 2.24) is 15.5 Å². The number of nitrogens with zero attached hydrogens (tertiary/aromatic N) is 1. The second-order valence-electron chi connectivity index (χ2n) is 9.87. The molecule has 0 radical (unpaired) electrons. The van der Waals surface area contributed by atoms with Crippen LogP contribution >= 0.6 is 0 Å². The van der Waals surface area contributed by atoms with E-state index in [1.807, 2.05) is 41.3 Å². The lowest BCUT2D eigenvalue weighted by molar-refractivity contribution is 0.0845. The minimum atomic E-state index is -3.76. The molecule has 0 aromatic heterocycles. The number of carbonyl (C=O) groups is 2. The zero-order valence-electron chi connectivity index (χ0n) is 20.4. The third-order valence-electron chi connectivity index (χ3n) is 7.83. The van der Waals surface area contributed by atoms with Crippen molar-refractivity contribution < 1.29 is 18.0 Å². The van der Waals surface area contributed by atoms with Gasteiger partial charge in [-0.15, -0.1) is 0 Å². The topological polar surface area (TPSA) is 134 Å². The minimum Gasteiger partial charge on any atom is -0.329 e. The Bertz CT molecular complexity index is 1850. The molecule has 2 aliphatic heterocycles. The number of hydrogen-bond donors (Lipinski definition) is 4. The van der Waals surface area contributed by atoms with Crippen LogP contribution in [-0.4, -0.2) is 63.2 Å². The van der Waals surface area contributed by atoms with Crippen LogP contribution < -0.4 is 21.1 Å². The highest BCUT2D eigenvalue weighted by molar-refractivity contribution is 7.93. The maximum Gasteiger partial charge on any atom is 0.258 e. The van der Waals surface area contributed by atoms with E-state index in [2.05, 4.69) is 15.4 Å². The van der Waals surface area contributed by atoms with Gasteiger partial charge in [-0.3, -0.25) is 24.5 Å². The number of nitrogens with two attached hydrogens (primary N) is 1. The van der Waals surface area contributed by atoms with Crippen molar-refractivity contribution in [2.75, 3.05) is 37.4 Å². The number of benzene rings is 5. The summed E-state index contributed by atoms with van der Waals surface area (Å²) in [6.07, 6.45) is 0. The third kappa shape index (κ3) is 3.24. The van der Waals surface area contributed by atoms with E-state index in [4.69, 9.17) is 5.73 Å². The molecule has 5 aromatic rings. The van der Waals surface area contributed by atoms with Gasteiger partial charge >= 0.3 is 0 Å². The molecule has 38 heavy (non-hydrogen) atoms. The Kier molecular flexibility index (Phi) is 5.11. The lowest BCUT2D eigenvalue weighted by atomic mass is 9.85. The van der Waals surface area contributed by atoms with Crippen LogP contribution in [0, 0.1) is 0 Å². The van der Waals surface area contributed by atoms with Crippen molar-refractivity contribution in [3.63, 3.8) is 0 Å². The van der Waals surface area contributed by atoms with Crippen molar-refractivity contribution >= 4 is 70.6 Å². The van der Waals surface area contributed by atoms with Crippen LogP contribution in [-0.2, 0) is 10.0 Å². The smallest absolute Gasteiger partial charge is 0.258 e. The average molecular weight is 528 g/mol. The van der Waals surface area contributed by atoms with Gasteiger partial charge in [0.25, 0.3) is 11.8 Å². The molecule has 1 unspecified atom stereocenters. The number of anilines is 1. The van der Waals surface area contributed by atoms with Crippen molar-refractivity contribution in [3.05, 3.63) is 65.7 Å². The highest BCUT2D eigenvalue weighted by Crippen LogP contribution is 2.44. The van der Waals surface area contributed by atoms with Crippen LogP contribution in [0.1, 0.15) is 20.7 Å². The summed E-state index contributed by atoms with van der Waals surface area (Å²) < 4.78 is 30.0. The zero-order valence-corrected chi connectivity index (χ0v) is 21.2. The first-order chi connectivity index (χ1) is 18.4. The van der Waals surface area contributed by atoms with E-state index in [0.29, 0.717) is 54.9 Å². The molecule has 10 heteroatoms. The van der Waals surface area contributed by atoms with Crippen LogP contribution in [0.15, 0.2) is 54.6 Å². The maximum atomic E-state index is 13.6. The molecule has 2 heterocycles. The first-order valence-electron chi connectivity index (χ1n) is 12.6. The Labute approximate surface area is 218 Å². The summed E-state index contributed by atoms with van der Waals surface area (Å²) in [6.45, 7) is 2.53. The monoisotopic (exact) mass is 527 g/mol. The summed E-state index contributed by atoms with van der Waals surface area (Å²) in [5.41, 5.74) is 7.20. The van der Waals surface area contributed by atoms with Crippen molar-refractivity contribution in [2.45, 2.75) is 5.37 Å². The molecule has 1 saturated heterocycles. The maximum absolute atomic E-state index is 13.6. The van der Waals surface area contributed by atoms with Gasteiger partial charge in [-0.1, -0.05) is 36.4 Å². The minimum absolute atomic E-state index is 0.322. The number of sulfonamides is 1. The Balaban J connectivity index is 1.45. The van der Waals surface area contributed by atoms with Crippen LogP contribution in [0.25, 0.3) is 43.1 Å². The van der Waals surface area contributed by atoms with Crippen molar-refractivity contribution in [1.29, 1.82) is 0 Å². The Morgan fingerprint density at radius 3 is 2.18 bits per heavy atom. The second-order valence-corrected chi connectivity index (χ2v) is 11.7. The standard InChI is InChI=1S/C28H25N5O4S/c29-10-12-33-13-11-30-14-23(33)38(36,37)32-22-9-8-16-18-5-7-21-26-20(27(34)31-28(21)35)6-4-17(25(18)26)15-2-1-3-19(22)24(15)16/h1-9,23,30,32H,10-14,29H2,(H,31,34,35). The Hall–Kier alpha value is -3.83. The summed E-state index contributed by atoms with van der Waals surface area (Å²) in [5.74, 6) is -0.804. The predicted molar refractivity (Wildman–Crippen MR) is 149 cm³/mol. The quantitative estimate of drug-likeness (QED) is 0.157. The van der Waals surface area contributed by atoms with Gasteiger partial charge in [0, 0.05) is 54.6 Å². The SMILES string of the molecule is NCCN1CCNCC1S(=O)(=O)Nc1ccc2c3ccc4c5c(ccc(c6cccc1c62)c53)C(=O)NC4=O. The van der Waals surface area contributed by atoms with Gasteiger partial charge in [-0.2, -0.15) is 0 Å². The molecule has 2 amide bonds. The molecule has 5 aromatic carbocycles. The lowest BCUT2D eigenvalue weighted by Gasteiger charge is -2.35. The molecule has 5 N–H and O–H groups in total. The van der Waals surface area contributed by atoms with Gasteiger partial charge in [-0.25, -0.2) is 8.42 Å². The van der Waals surface area contributed by atoms with E-state index in [9.17, 15) is 18.0 Å². The van der Waals surface area contributed by atoms with E-state index >= 15 is 0 Å². The number of piperazine rings is 1. The van der Waals surface area contributed by atoms with Gasteiger partial charge in [-0.05, 0) is 50.5 Å². The first kappa shape index (κ1) is 23.3. The Morgan fingerprint density at radius 1 is 0.842 bits per heavy atom. The number of rotatable bonds is 5. The molecule has 192 valence electrons. The largest absolute Gasteiger partial charge is 0.329 e.